The average molecular weight is 275 g/mol. The SMILES string of the molecule is COc1ccc([N+](=O)[O-])c(OC)c1CS(C)(=O)=O. The molecule has 0 amide bonds. The predicted molar refractivity (Wildman–Crippen MR) is 64.7 cm³/mol. The molecule has 0 bridgehead atoms. The summed E-state index contributed by atoms with van der Waals surface area (Å²) in [7, 11) is -0.770. The van der Waals surface area contributed by atoms with Crippen molar-refractivity contribution >= 4 is 15.5 Å². The quantitative estimate of drug-likeness (QED) is 0.591. The molecule has 1 rings (SSSR count). The normalized spacial score (nSPS) is 11.1. The Bertz CT molecular complexity index is 566. The van der Waals surface area contributed by atoms with Crippen LogP contribution in [0.25, 0.3) is 0 Å². The summed E-state index contributed by atoms with van der Waals surface area (Å²) in [5.41, 5.74) is -0.145. The Morgan fingerprint density at radius 2 is 1.89 bits per heavy atom. The number of rotatable bonds is 5. The Morgan fingerprint density at radius 3 is 2.28 bits per heavy atom. The lowest BCUT2D eigenvalue weighted by atomic mass is 10.1. The minimum Gasteiger partial charge on any atom is -0.496 e. The zero-order chi connectivity index (χ0) is 13.9. The monoisotopic (exact) mass is 275 g/mol. The summed E-state index contributed by atoms with van der Waals surface area (Å²) >= 11 is 0. The van der Waals surface area contributed by atoms with Crippen molar-refractivity contribution < 1.29 is 22.8 Å². The fourth-order valence-electron chi connectivity index (χ4n) is 1.56. The zero-order valence-electron chi connectivity index (χ0n) is 10.2. The molecule has 0 aliphatic rings. The number of nitro benzene ring substituents is 1. The molecule has 0 aliphatic carbocycles. The van der Waals surface area contributed by atoms with E-state index in [0.717, 1.165) is 6.26 Å². The molecule has 0 saturated heterocycles. The maximum atomic E-state index is 11.3. The van der Waals surface area contributed by atoms with Crippen LogP contribution in [0.5, 0.6) is 11.5 Å². The Kier molecular flexibility index (Phi) is 4.12. The molecule has 100 valence electrons. The number of ether oxygens (including phenoxy) is 2. The fourth-order valence-corrected chi connectivity index (χ4v) is 2.36. The highest BCUT2D eigenvalue weighted by atomic mass is 32.2. The van der Waals surface area contributed by atoms with Crippen molar-refractivity contribution in [1.82, 2.24) is 0 Å². The van der Waals surface area contributed by atoms with Crippen molar-refractivity contribution in [2.24, 2.45) is 0 Å². The number of hydrogen-bond acceptors (Lipinski definition) is 6. The largest absolute Gasteiger partial charge is 0.496 e. The molecular weight excluding hydrogens is 262 g/mol. The van der Waals surface area contributed by atoms with Crippen LogP contribution in [-0.4, -0.2) is 33.8 Å². The lowest BCUT2D eigenvalue weighted by Gasteiger charge is -2.12. The second-order valence-corrected chi connectivity index (χ2v) is 5.77. The smallest absolute Gasteiger partial charge is 0.311 e. The number of nitro groups is 1. The van der Waals surface area contributed by atoms with Crippen LogP contribution in [0.4, 0.5) is 5.69 Å². The van der Waals surface area contributed by atoms with E-state index in [0.29, 0.717) is 0 Å². The molecular formula is C10H13NO6S. The van der Waals surface area contributed by atoms with E-state index in [2.05, 4.69) is 0 Å². The molecule has 0 heterocycles. The van der Waals surface area contributed by atoms with Crippen molar-refractivity contribution in [3.05, 3.63) is 27.8 Å². The topological polar surface area (TPSA) is 95.7 Å². The van der Waals surface area contributed by atoms with E-state index >= 15 is 0 Å². The summed E-state index contributed by atoms with van der Waals surface area (Å²) in [6, 6.07) is 2.56. The highest BCUT2D eigenvalue weighted by Crippen LogP contribution is 2.38. The van der Waals surface area contributed by atoms with Crippen LogP contribution in [0.2, 0.25) is 0 Å². The van der Waals surface area contributed by atoms with Gasteiger partial charge in [-0.15, -0.1) is 0 Å². The standard InChI is InChI=1S/C10H13NO6S/c1-16-9-5-4-8(11(12)13)10(17-2)7(9)6-18(3,14)15/h4-5H,6H2,1-3H3. The number of hydrogen-bond donors (Lipinski definition) is 0. The molecule has 1 aromatic carbocycles. The van der Waals surface area contributed by atoms with Crippen molar-refractivity contribution in [1.29, 1.82) is 0 Å². The molecule has 0 aromatic heterocycles. The molecule has 0 unspecified atom stereocenters. The van der Waals surface area contributed by atoms with Crippen LogP contribution >= 0.6 is 0 Å². The van der Waals surface area contributed by atoms with Gasteiger partial charge in [-0.1, -0.05) is 0 Å². The Morgan fingerprint density at radius 1 is 1.28 bits per heavy atom. The third-order valence-corrected chi connectivity index (χ3v) is 3.04. The van der Waals surface area contributed by atoms with Gasteiger partial charge in [0.25, 0.3) is 0 Å². The van der Waals surface area contributed by atoms with Crippen LogP contribution in [0.15, 0.2) is 12.1 Å². The average Bonchev–Trinajstić information content (AvgIpc) is 2.26. The van der Waals surface area contributed by atoms with Gasteiger partial charge in [0.1, 0.15) is 5.75 Å². The van der Waals surface area contributed by atoms with Crippen LogP contribution in [0, 0.1) is 10.1 Å². The third kappa shape index (κ3) is 3.10. The Hall–Kier alpha value is -1.83. The van der Waals surface area contributed by atoms with Crippen molar-refractivity contribution in [3.8, 4) is 11.5 Å². The lowest BCUT2D eigenvalue weighted by Crippen LogP contribution is -2.06. The molecule has 0 N–H and O–H groups in total. The number of benzene rings is 1. The molecule has 0 radical (unpaired) electrons. The zero-order valence-corrected chi connectivity index (χ0v) is 11.0. The molecule has 7 nitrogen and oxygen atoms in total. The summed E-state index contributed by atoms with van der Waals surface area (Å²) in [6.07, 6.45) is 1.03. The fraction of sp³-hybridized carbons (Fsp3) is 0.400. The maximum absolute atomic E-state index is 11.3. The maximum Gasteiger partial charge on any atom is 0.311 e. The minimum absolute atomic E-state index is 0.0928. The summed E-state index contributed by atoms with van der Waals surface area (Å²) in [5, 5.41) is 10.8. The summed E-state index contributed by atoms with van der Waals surface area (Å²) in [4.78, 5) is 10.2. The highest BCUT2D eigenvalue weighted by Gasteiger charge is 2.24. The van der Waals surface area contributed by atoms with E-state index in [-0.39, 0.29) is 28.5 Å². The van der Waals surface area contributed by atoms with Gasteiger partial charge in [-0.05, 0) is 6.07 Å². The molecule has 1 aromatic rings. The van der Waals surface area contributed by atoms with Gasteiger partial charge in [0.05, 0.1) is 30.5 Å². The molecule has 0 fully saturated rings. The van der Waals surface area contributed by atoms with Crippen LogP contribution in [0.1, 0.15) is 5.56 Å². The number of sulfone groups is 1. The Balaban J connectivity index is 3.51. The van der Waals surface area contributed by atoms with E-state index in [1.165, 1.54) is 26.4 Å². The molecule has 0 spiro atoms. The van der Waals surface area contributed by atoms with Gasteiger partial charge in [0.15, 0.2) is 9.84 Å². The molecule has 0 atom stereocenters. The van der Waals surface area contributed by atoms with Crippen LogP contribution in [-0.2, 0) is 15.6 Å². The van der Waals surface area contributed by atoms with Gasteiger partial charge in [0, 0.05) is 12.3 Å². The summed E-state index contributed by atoms with van der Waals surface area (Å²) < 4.78 is 32.6. The van der Waals surface area contributed by atoms with Crippen molar-refractivity contribution in [3.63, 3.8) is 0 Å². The Labute approximate surface area is 104 Å². The van der Waals surface area contributed by atoms with Crippen LogP contribution < -0.4 is 9.47 Å². The van der Waals surface area contributed by atoms with E-state index in [1.807, 2.05) is 0 Å². The first kappa shape index (κ1) is 14.2. The summed E-state index contributed by atoms with van der Waals surface area (Å²) in [5.74, 6) is -0.242. The molecule has 0 aliphatic heterocycles. The number of nitrogens with zero attached hydrogens (tertiary/aromatic N) is 1. The predicted octanol–water partition coefficient (Wildman–Crippen LogP) is 1.16. The van der Waals surface area contributed by atoms with Crippen molar-refractivity contribution in [2.75, 3.05) is 20.5 Å². The van der Waals surface area contributed by atoms with E-state index < -0.39 is 14.8 Å². The molecule has 18 heavy (non-hydrogen) atoms. The minimum atomic E-state index is -3.37. The van der Waals surface area contributed by atoms with Gasteiger partial charge in [-0.3, -0.25) is 10.1 Å². The number of methoxy groups -OCH3 is 2. The van der Waals surface area contributed by atoms with E-state index in [9.17, 15) is 18.5 Å². The lowest BCUT2D eigenvalue weighted by molar-refractivity contribution is -0.385. The highest BCUT2D eigenvalue weighted by molar-refractivity contribution is 7.89. The van der Waals surface area contributed by atoms with Gasteiger partial charge >= 0.3 is 5.69 Å². The van der Waals surface area contributed by atoms with Crippen molar-refractivity contribution in [2.45, 2.75) is 5.75 Å². The molecule has 8 heteroatoms. The first-order chi connectivity index (χ1) is 8.30. The second kappa shape index (κ2) is 5.21. The van der Waals surface area contributed by atoms with Gasteiger partial charge in [0.2, 0.25) is 5.75 Å². The second-order valence-electron chi connectivity index (χ2n) is 3.63. The van der Waals surface area contributed by atoms with E-state index in [4.69, 9.17) is 9.47 Å². The first-order valence-electron chi connectivity index (χ1n) is 4.86. The van der Waals surface area contributed by atoms with Gasteiger partial charge < -0.3 is 9.47 Å². The van der Waals surface area contributed by atoms with Crippen LogP contribution in [0.3, 0.4) is 0 Å². The molecule has 0 saturated carbocycles. The van der Waals surface area contributed by atoms with Gasteiger partial charge in [-0.2, -0.15) is 0 Å². The van der Waals surface area contributed by atoms with E-state index in [1.54, 1.807) is 0 Å². The summed E-state index contributed by atoms with van der Waals surface area (Å²) in [6.45, 7) is 0. The first-order valence-corrected chi connectivity index (χ1v) is 6.92. The third-order valence-electron chi connectivity index (χ3n) is 2.22. The van der Waals surface area contributed by atoms with Gasteiger partial charge in [-0.25, -0.2) is 8.42 Å².